The van der Waals surface area contributed by atoms with Crippen LogP contribution in [-0.4, -0.2) is 33.9 Å². The van der Waals surface area contributed by atoms with Crippen LogP contribution in [0.25, 0.3) is 10.8 Å². The van der Waals surface area contributed by atoms with Crippen LogP contribution in [0.4, 0.5) is 5.69 Å². The monoisotopic (exact) mass is 488 g/mol. The van der Waals surface area contributed by atoms with Crippen LogP contribution in [0.2, 0.25) is 5.02 Å². The predicted octanol–water partition coefficient (Wildman–Crippen LogP) is 5.72. The van der Waals surface area contributed by atoms with Crippen molar-refractivity contribution in [1.29, 1.82) is 0 Å². The van der Waals surface area contributed by atoms with Crippen LogP contribution in [0.5, 0.6) is 0 Å². The number of rotatable bonds is 3. The number of hydrogen-bond acceptors (Lipinski definition) is 3. The van der Waals surface area contributed by atoms with Crippen molar-refractivity contribution in [3.05, 3.63) is 95.0 Å². The summed E-state index contributed by atoms with van der Waals surface area (Å²) in [7, 11) is 0. The number of benzene rings is 3. The Morgan fingerprint density at radius 3 is 2.66 bits per heavy atom. The van der Waals surface area contributed by atoms with Crippen molar-refractivity contribution in [2.45, 2.75) is 13.1 Å². The normalized spacial score (nSPS) is 13.6. The molecule has 4 aromatic rings. The van der Waals surface area contributed by atoms with Crippen LogP contribution in [0.1, 0.15) is 21.6 Å². The third-order valence-electron chi connectivity index (χ3n) is 5.59. The number of amides is 1. The number of anilines is 1. The standard InChI is InChI=1S/C24H21ClN4O.2ClH/c25-19-9-8-18-14-28(15-20-13-26-16-27-20)10-11-29(23(18)12-19)24(30)22-7-3-5-17-4-1-2-6-21(17)22;;/h1-9,12-13,16H,10-11,14-15H2,(H,26,27);2*1H. The Bertz CT molecular complexity index is 1210. The Hall–Kier alpha value is -2.57. The van der Waals surface area contributed by atoms with E-state index >= 15 is 0 Å². The first-order chi connectivity index (χ1) is 14.7. The summed E-state index contributed by atoms with van der Waals surface area (Å²) in [6.07, 6.45) is 3.53. The van der Waals surface area contributed by atoms with Crippen molar-refractivity contribution in [2.75, 3.05) is 18.0 Å². The van der Waals surface area contributed by atoms with Crippen LogP contribution in [0.15, 0.2) is 73.2 Å². The molecule has 0 spiro atoms. The fourth-order valence-corrected chi connectivity index (χ4v) is 4.29. The molecule has 32 heavy (non-hydrogen) atoms. The lowest BCUT2D eigenvalue weighted by atomic mass is 10.0. The van der Waals surface area contributed by atoms with Gasteiger partial charge in [0.2, 0.25) is 0 Å². The number of fused-ring (bicyclic) bond motifs is 2. The highest BCUT2D eigenvalue weighted by molar-refractivity contribution is 6.31. The van der Waals surface area contributed by atoms with Crippen molar-refractivity contribution < 1.29 is 4.79 Å². The van der Waals surface area contributed by atoms with Gasteiger partial charge < -0.3 is 9.88 Å². The molecule has 3 aromatic carbocycles. The van der Waals surface area contributed by atoms with Crippen LogP contribution < -0.4 is 4.90 Å². The molecule has 0 unspecified atom stereocenters. The number of carbonyl (C=O) groups excluding carboxylic acids is 1. The van der Waals surface area contributed by atoms with E-state index in [1.54, 1.807) is 6.33 Å². The molecular weight excluding hydrogens is 467 g/mol. The third kappa shape index (κ3) is 4.76. The highest BCUT2D eigenvalue weighted by Crippen LogP contribution is 2.31. The summed E-state index contributed by atoms with van der Waals surface area (Å²) in [4.78, 5) is 25.2. The van der Waals surface area contributed by atoms with Gasteiger partial charge >= 0.3 is 0 Å². The molecule has 1 aliphatic rings. The van der Waals surface area contributed by atoms with Gasteiger partial charge in [-0.05, 0) is 34.5 Å². The van der Waals surface area contributed by atoms with E-state index in [1.165, 1.54) is 0 Å². The Labute approximate surface area is 204 Å². The van der Waals surface area contributed by atoms with Crippen LogP contribution in [-0.2, 0) is 13.1 Å². The zero-order valence-electron chi connectivity index (χ0n) is 17.2. The zero-order valence-corrected chi connectivity index (χ0v) is 19.6. The van der Waals surface area contributed by atoms with Gasteiger partial charge in [-0.1, -0.05) is 54.1 Å². The number of nitrogens with zero attached hydrogens (tertiary/aromatic N) is 3. The first-order valence-electron chi connectivity index (χ1n) is 9.97. The highest BCUT2D eigenvalue weighted by Gasteiger charge is 2.26. The molecule has 1 aliphatic heterocycles. The summed E-state index contributed by atoms with van der Waals surface area (Å²) in [6.45, 7) is 2.83. The molecule has 5 nitrogen and oxygen atoms in total. The minimum atomic E-state index is -0.00120. The van der Waals surface area contributed by atoms with Gasteiger partial charge in [-0.25, -0.2) is 4.98 Å². The molecule has 0 radical (unpaired) electrons. The van der Waals surface area contributed by atoms with Crippen LogP contribution in [0, 0.1) is 0 Å². The Kier molecular flexibility index (Phi) is 7.80. The number of nitrogens with one attached hydrogen (secondary N) is 1. The topological polar surface area (TPSA) is 52.2 Å². The Morgan fingerprint density at radius 2 is 1.84 bits per heavy atom. The van der Waals surface area contributed by atoms with Crippen LogP contribution >= 0.6 is 36.4 Å². The number of hydrogen-bond donors (Lipinski definition) is 1. The average molecular weight is 490 g/mol. The largest absolute Gasteiger partial charge is 0.347 e. The van der Waals surface area contributed by atoms with E-state index < -0.39 is 0 Å². The lowest BCUT2D eigenvalue weighted by molar-refractivity contribution is 0.0986. The fraction of sp³-hybridized carbons (Fsp3) is 0.167. The van der Waals surface area contributed by atoms with E-state index in [0.29, 0.717) is 17.1 Å². The summed E-state index contributed by atoms with van der Waals surface area (Å²) < 4.78 is 0. The molecule has 0 saturated heterocycles. The third-order valence-corrected chi connectivity index (χ3v) is 5.82. The van der Waals surface area contributed by atoms with E-state index in [0.717, 1.165) is 47.4 Å². The summed E-state index contributed by atoms with van der Waals surface area (Å²) >= 11 is 6.33. The maximum atomic E-state index is 13.7. The van der Waals surface area contributed by atoms with Crippen molar-refractivity contribution in [2.24, 2.45) is 0 Å². The van der Waals surface area contributed by atoms with Gasteiger partial charge in [0.05, 0.1) is 6.33 Å². The van der Waals surface area contributed by atoms with Gasteiger partial charge in [-0.2, -0.15) is 0 Å². The smallest absolute Gasteiger partial charge is 0.258 e. The zero-order chi connectivity index (χ0) is 20.5. The predicted molar refractivity (Wildman–Crippen MR) is 134 cm³/mol. The van der Waals surface area contributed by atoms with E-state index in [2.05, 4.69) is 14.9 Å². The number of halogens is 3. The van der Waals surface area contributed by atoms with Gasteiger partial charge in [0.15, 0.2) is 0 Å². The molecule has 5 rings (SSSR count). The Morgan fingerprint density at radius 1 is 1.03 bits per heavy atom. The molecule has 0 aliphatic carbocycles. The molecule has 1 N–H and O–H groups in total. The second-order valence-corrected chi connectivity index (χ2v) is 7.98. The lowest BCUT2D eigenvalue weighted by Crippen LogP contribution is -2.36. The van der Waals surface area contributed by atoms with Gasteiger partial charge in [-0.15, -0.1) is 24.8 Å². The van der Waals surface area contributed by atoms with Crippen molar-refractivity contribution >= 4 is 58.8 Å². The second kappa shape index (κ2) is 10.4. The molecule has 0 saturated carbocycles. The van der Waals surface area contributed by atoms with Crippen LogP contribution in [0.3, 0.4) is 0 Å². The average Bonchev–Trinajstić information content (AvgIpc) is 3.21. The molecular formula is C24H23Cl3N4O. The maximum Gasteiger partial charge on any atom is 0.258 e. The molecule has 8 heteroatoms. The van der Waals surface area contributed by atoms with Gasteiger partial charge in [0.1, 0.15) is 0 Å². The fourth-order valence-electron chi connectivity index (χ4n) is 4.12. The van der Waals surface area contributed by atoms with E-state index in [9.17, 15) is 4.79 Å². The molecule has 2 heterocycles. The number of carbonyl (C=O) groups is 1. The number of H-pyrrole nitrogens is 1. The van der Waals surface area contributed by atoms with Gasteiger partial charge in [-0.3, -0.25) is 9.69 Å². The van der Waals surface area contributed by atoms with Crippen molar-refractivity contribution in [1.82, 2.24) is 14.9 Å². The van der Waals surface area contributed by atoms with E-state index in [-0.39, 0.29) is 30.7 Å². The highest BCUT2D eigenvalue weighted by atomic mass is 35.5. The second-order valence-electron chi connectivity index (χ2n) is 7.54. The van der Waals surface area contributed by atoms with Crippen molar-refractivity contribution in [3.63, 3.8) is 0 Å². The summed E-state index contributed by atoms with van der Waals surface area (Å²) in [5.74, 6) is -0.00120. The molecule has 0 fully saturated rings. The first-order valence-corrected chi connectivity index (χ1v) is 10.3. The molecule has 0 bridgehead atoms. The Balaban J connectivity index is 0.00000144. The lowest BCUT2D eigenvalue weighted by Gasteiger charge is -2.24. The first kappa shape index (κ1) is 24.1. The quantitative estimate of drug-likeness (QED) is 0.400. The van der Waals surface area contributed by atoms with E-state index in [1.807, 2.05) is 71.8 Å². The molecule has 0 atom stereocenters. The minimum absolute atomic E-state index is 0. The minimum Gasteiger partial charge on any atom is -0.347 e. The molecule has 1 aromatic heterocycles. The SMILES string of the molecule is Cl.Cl.O=C(c1cccc2ccccc12)N1CCN(Cc2cnc[nH]2)Cc2ccc(Cl)cc21. The van der Waals surface area contributed by atoms with E-state index in [4.69, 9.17) is 11.6 Å². The number of aromatic nitrogens is 2. The maximum absolute atomic E-state index is 13.7. The summed E-state index contributed by atoms with van der Waals surface area (Å²) in [5, 5.41) is 2.66. The van der Waals surface area contributed by atoms with Gasteiger partial charge in [0, 0.05) is 54.3 Å². The summed E-state index contributed by atoms with van der Waals surface area (Å²) in [5.41, 5.74) is 3.73. The number of aromatic amines is 1. The van der Waals surface area contributed by atoms with Crippen molar-refractivity contribution in [3.8, 4) is 0 Å². The van der Waals surface area contributed by atoms with Gasteiger partial charge in [0.25, 0.3) is 5.91 Å². The molecule has 1 amide bonds. The summed E-state index contributed by atoms with van der Waals surface area (Å²) in [6, 6.07) is 19.7. The molecule has 166 valence electrons. The number of imidazole rings is 1.